The molecule has 1 heterocycles. The first kappa shape index (κ1) is 10.5. The Kier molecular flexibility index (Phi) is 2.93. The van der Waals surface area contributed by atoms with Crippen LogP contribution in [0.25, 0.3) is 0 Å². The van der Waals surface area contributed by atoms with Crippen LogP contribution in [0.4, 0.5) is 0 Å². The molecule has 82 valence electrons. The predicted molar refractivity (Wildman–Crippen MR) is 59.0 cm³/mol. The van der Waals surface area contributed by atoms with Crippen LogP contribution in [0.1, 0.15) is 18.1 Å². The highest BCUT2D eigenvalue weighted by Crippen LogP contribution is 2.31. The lowest BCUT2D eigenvalue weighted by Gasteiger charge is -2.22. The molecule has 1 aliphatic heterocycles. The van der Waals surface area contributed by atoms with Crippen LogP contribution in [0.15, 0.2) is 24.3 Å². The average Bonchev–Trinajstić information content (AvgIpc) is 2.39. The molecule has 0 saturated heterocycles. The molecule has 1 N–H and O–H groups in total. The number of para-hydroxylation sites is 1. The molecule has 2 rings (SSSR count). The number of benzene rings is 1. The van der Waals surface area contributed by atoms with Gasteiger partial charge >= 0.3 is 0 Å². The minimum Gasteiger partial charge on any atom is -0.492 e. The van der Waals surface area contributed by atoms with Crippen molar-refractivity contribution >= 4 is 0 Å². The molecule has 1 aliphatic rings. The molecule has 0 aromatic heterocycles. The molecular weight excluding hydrogens is 190 g/mol. The monoisotopic (exact) mass is 207 g/mol. The first-order chi connectivity index (χ1) is 7.18. The van der Waals surface area contributed by atoms with Crippen LogP contribution in [0.2, 0.25) is 0 Å². The molecule has 15 heavy (non-hydrogen) atoms. The molecule has 0 bridgehead atoms. The zero-order chi connectivity index (χ0) is 10.8. The van der Waals surface area contributed by atoms with Gasteiger partial charge < -0.3 is 14.7 Å². The Bertz CT molecular complexity index is 338. The fourth-order valence-corrected chi connectivity index (χ4v) is 1.89. The minimum absolute atomic E-state index is 0.271. The van der Waals surface area contributed by atoms with Gasteiger partial charge in [-0.05, 0) is 26.6 Å². The summed E-state index contributed by atoms with van der Waals surface area (Å²) in [6.07, 6.45) is 0.306. The Balaban J connectivity index is 2.24. The van der Waals surface area contributed by atoms with Crippen LogP contribution in [-0.4, -0.2) is 36.8 Å². The molecule has 3 heteroatoms. The van der Waals surface area contributed by atoms with E-state index >= 15 is 0 Å². The molecular formula is C12H17NO2. The second-order valence-electron chi connectivity index (χ2n) is 4.22. The summed E-state index contributed by atoms with van der Waals surface area (Å²) in [5.74, 6) is 0.814. The molecule has 0 unspecified atom stereocenters. The van der Waals surface area contributed by atoms with Crippen LogP contribution in [0.3, 0.4) is 0 Å². The van der Waals surface area contributed by atoms with Gasteiger partial charge in [0.1, 0.15) is 12.4 Å². The van der Waals surface area contributed by atoms with Crippen LogP contribution < -0.4 is 4.74 Å². The van der Waals surface area contributed by atoms with E-state index in [0.717, 1.165) is 17.7 Å². The van der Waals surface area contributed by atoms with E-state index < -0.39 is 6.10 Å². The zero-order valence-corrected chi connectivity index (χ0v) is 9.18. The van der Waals surface area contributed by atoms with E-state index in [0.29, 0.717) is 6.61 Å². The summed E-state index contributed by atoms with van der Waals surface area (Å²) < 4.78 is 5.69. The molecule has 1 aromatic carbocycles. The number of aliphatic hydroxyl groups excluding tert-OH is 1. The summed E-state index contributed by atoms with van der Waals surface area (Å²) in [7, 11) is 4.02. The lowest BCUT2D eigenvalue weighted by molar-refractivity contribution is 0.116. The van der Waals surface area contributed by atoms with Gasteiger partial charge in [0.25, 0.3) is 0 Å². The molecule has 0 spiro atoms. The van der Waals surface area contributed by atoms with E-state index in [1.807, 2.05) is 38.4 Å². The van der Waals surface area contributed by atoms with E-state index in [1.54, 1.807) is 0 Å². The maximum absolute atomic E-state index is 10.1. The molecule has 2 atom stereocenters. The number of fused-ring (bicyclic) bond motifs is 1. The van der Waals surface area contributed by atoms with Crippen molar-refractivity contribution in [3.8, 4) is 5.75 Å². The zero-order valence-electron chi connectivity index (χ0n) is 9.18. The van der Waals surface area contributed by atoms with E-state index in [4.69, 9.17) is 4.74 Å². The van der Waals surface area contributed by atoms with Crippen molar-refractivity contribution in [3.05, 3.63) is 29.8 Å². The quantitative estimate of drug-likeness (QED) is 0.756. The Hall–Kier alpha value is -1.06. The van der Waals surface area contributed by atoms with E-state index in [-0.39, 0.29) is 6.04 Å². The van der Waals surface area contributed by atoms with Crippen molar-refractivity contribution in [2.75, 3.05) is 20.7 Å². The number of nitrogens with zero attached hydrogens (tertiary/aromatic N) is 1. The summed E-state index contributed by atoms with van der Waals surface area (Å²) in [6, 6.07) is 7.98. The Morgan fingerprint density at radius 3 is 2.80 bits per heavy atom. The SMILES string of the molecule is CN(C)[C@@H]1COc2ccccc2[C@@H](O)C1. The summed E-state index contributed by atoms with van der Waals surface area (Å²) >= 11 is 0. The predicted octanol–water partition coefficient (Wildman–Crippen LogP) is 1.43. The van der Waals surface area contributed by atoms with Gasteiger partial charge in [-0.1, -0.05) is 18.2 Å². The normalized spacial score (nSPS) is 25.6. The summed E-state index contributed by atoms with van der Waals surface area (Å²) in [4.78, 5) is 2.09. The van der Waals surface area contributed by atoms with Crippen molar-refractivity contribution in [2.24, 2.45) is 0 Å². The third-order valence-corrected chi connectivity index (χ3v) is 2.93. The topological polar surface area (TPSA) is 32.7 Å². The highest BCUT2D eigenvalue weighted by Gasteiger charge is 2.24. The first-order valence-corrected chi connectivity index (χ1v) is 5.24. The van der Waals surface area contributed by atoms with Crippen molar-refractivity contribution in [1.82, 2.24) is 4.90 Å². The van der Waals surface area contributed by atoms with Gasteiger partial charge in [-0.25, -0.2) is 0 Å². The van der Waals surface area contributed by atoms with Crippen molar-refractivity contribution in [1.29, 1.82) is 0 Å². The maximum Gasteiger partial charge on any atom is 0.125 e. The van der Waals surface area contributed by atoms with Crippen molar-refractivity contribution in [2.45, 2.75) is 18.6 Å². The molecule has 0 amide bonds. The number of likely N-dealkylation sites (N-methyl/N-ethyl adjacent to an activating group) is 1. The number of rotatable bonds is 1. The standard InChI is InChI=1S/C12H17NO2/c1-13(2)9-7-11(14)10-5-3-4-6-12(10)15-8-9/h3-6,9,11,14H,7-8H2,1-2H3/t9-,11-/m0/s1. The number of aliphatic hydroxyl groups is 1. The van der Waals surface area contributed by atoms with Gasteiger partial charge in [0.2, 0.25) is 0 Å². The van der Waals surface area contributed by atoms with Gasteiger partial charge in [-0.15, -0.1) is 0 Å². The lowest BCUT2D eigenvalue weighted by Crippen LogP contribution is -2.33. The van der Waals surface area contributed by atoms with Gasteiger partial charge in [0.05, 0.1) is 6.10 Å². The number of hydrogen-bond acceptors (Lipinski definition) is 3. The average molecular weight is 207 g/mol. The van der Waals surface area contributed by atoms with E-state index in [2.05, 4.69) is 4.90 Å². The summed E-state index contributed by atoms with van der Waals surface area (Å²) in [6.45, 7) is 0.640. The van der Waals surface area contributed by atoms with Gasteiger partial charge in [-0.2, -0.15) is 0 Å². The van der Waals surface area contributed by atoms with Crippen LogP contribution in [0, 0.1) is 0 Å². The van der Waals surface area contributed by atoms with Crippen molar-refractivity contribution in [3.63, 3.8) is 0 Å². The summed E-state index contributed by atoms with van der Waals surface area (Å²) in [5.41, 5.74) is 0.904. The Morgan fingerprint density at radius 2 is 2.07 bits per heavy atom. The largest absolute Gasteiger partial charge is 0.492 e. The van der Waals surface area contributed by atoms with Crippen molar-refractivity contribution < 1.29 is 9.84 Å². The smallest absolute Gasteiger partial charge is 0.125 e. The van der Waals surface area contributed by atoms with Crippen LogP contribution in [0.5, 0.6) is 5.75 Å². The number of hydrogen-bond donors (Lipinski definition) is 1. The second kappa shape index (κ2) is 4.21. The van der Waals surface area contributed by atoms with E-state index in [1.165, 1.54) is 0 Å². The number of ether oxygens (including phenoxy) is 1. The Labute approximate surface area is 90.3 Å². The highest BCUT2D eigenvalue weighted by molar-refractivity contribution is 5.35. The molecule has 1 aromatic rings. The molecule has 0 radical (unpaired) electrons. The second-order valence-corrected chi connectivity index (χ2v) is 4.22. The fraction of sp³-hybridized carbons (Fsp3) is 0.500. The van der Waals surface area contributed by atoms with Crippen LogP contribution in [-0.2, 0) is 0 Å². The minimum atomic E-state index is -0.420. The Morgan fingerprint density at radius 1 is 1.33 bits per heavy atom. The highest BCUT2D eigenvalue weighted by atomic mass is 16.5. The molecule has 0 fully saturated rings. The first-order valence-electron chi connectivity index (χ1n) is 5.24. The molecule has 0 saturated carbocycles. The van der Waals surface area contributed by atoms with Gasteiger partial charge in [-0.3, -0.25) is 0 Å². The fourth-order valence-electron chi connectivity index (χ4n) is 1.89. The third kappa shape index (κ3) is 2.13. The van der Waals surface area contributed by atoms with Crippen LogP contribution >= 0.6 is 0 Å². The third-order valence-electron chi connectivity index (χ3n) is 2.93. The maximum atomic E-state index is 10.1. The molecule has 0 aliphatic carbocycles. The lowest BCUT2D eigenvalue weighted by atomic mass is 10.0. The van der Waals surface area contributed by atoms with Gasteiger partial charge in [0.15, 0.2) is 0 Å². The summed E-state index contributed by atoms with van der Waals surface area (Å²) in [5, 5.41) is 10.1. The van der Waals surface area contributed by atoms with Gasteiger partial charge in [0, 0.05) is 11.6 Å². The molecule has 3 nitrogen and oxygen atoms in total. The van der Waals surface area contributed by atoms with E-state index in [9.17, 15) is 5.11 Å².